The lowest BCUT2D eigenvalue weighted by atomic mass is 9.99. The number of Topliss-reactive ketones (excluding diaryl/α,β-unsaturated/α-hetero) is 1. The molecule has 2 aliphatic heterocycles. The van der Waals surface area contributed by atoms with Crippen LogP contribution in [0.4, 0.5) is 0 Å². The Morgan fingerprint density at radius 3 is 1.80 bits per heavy atom. The van der Waals surface area contributed by atoms with Crippen molar-refractivity contribution in [2.24, 2.45) is 11.8 Å². The Balaban J connectivity index is 0.000000551. The maximum absolute atomic E-state index is 13.7. The van der Waals surface area contributed by atoms with E-state index in [0.717, 1.165) is 27.7 Å². The Morgan fingerprint density at radius 2 is 1.38 bits per heavy atom. The second-order valence-corrected chi connectivity index (χ2v) is 16.8. The Labute approximate surface area is 351 Å². The van der Waals surface area contributed by atoms with Gasteiger partial charge in [-0.3, -0.25) is 34.3 Å². The second kappa shape index (κ2) is 23.8. The monoisotopic (exact) mass is 840 g/mol. The lowest BCUT2D eigenvalue weighted by molar-refractivity contribution is -0.138. The minimum absolute atomic E-state index is 0.0350. The van der Waals surface area contributed by atoms with Crippen molar-refractivity contribution in [3.63, 3.8) is 0 Å². The number of imide groups is 1. The summed E-state index contributed by atoms with van der Waals surface area (Å²) in [4.78, 5) is 66.3. The lowest BCUT2D eigenvalue weighted by Crippen LogP contribution is -2.51. The zero-order valence-corrected chi connectivity index (χ0v) is 36.6. The van der Waals surface area contributed by atoms with E-state index >= 15 is 0 Å². The van der Waals surface area contributed by atoms with Gasteiger partial charge in [-0.2, -0.15) is 25.3 Å². The predicted molar refractivity (Wildman–Crippen MR) is 234 cm³/mol. The van der Waals surface area contributed by atoms with E-state index in [2.05, 4.69) is 107 Å². The topological polar surface area (TPSA) is 127 Å². The number of hydrogen-bond acceptors (Lipinski definition) is 11. The number of amides is 4. The number of hydrazine groups is 1. The summed E-state index contributed by atoms with van der Waals surface area (Å²) < 4.78 is 0. The standard InChI is InChI=1S/C35H43N3O3S2.C6H9NO3S.CH4S/c1-24(2)32(38-20-6-7-33(38)39)21-37(5)36-35(41)28-14-12-27(13-15-28)34(40)29(22-42-30-16-8-25(3)9-17-30)23-43-31-18-10-26(4)11-19-31;8-2-1-7-5(9)3-4(11)6(7)10;1-2/h8-19,24,29,32H,6-7,20-23H2,1-5H3,(H,36,41);4,8,11H,1-3H2;2H,1H3. The number of thioether (sulfide) groups is 2. The maximum Gasteiger partial charge on any atom is 0.265 e. The fraction of sp³-hybridized carbons (Fsp3) is 0.452. The molecule has 304 valence electrons. The molecule has 0 aliphatic carbocycles. The highest BCUT2D eigenvalue weighted by Crippen LogP contribution is 2.29. The van der Waals surface area contributed by atoms with Crippen molar-refractivity contribution in [2.45, 2.75) is 68.0 Å². The van der Waals surface area contributed by atoms with E-state index in [-0.39, 0.29) is 66.9 Å². The summed E-state index contributed by atoms with van der Waals surface area (Å²) in [5, 5.41) is 9.73. The van der Waals surface area contributed by atoms with Crippen LogP contribution in [0.2, 0.25) is 0 Å². The fourth-order valence-corrected chi connectivity index (χ4v) is 8.56. The number of β-amino-alcohol motifs (C(OH)–C–C–N with tert-alkyl or cyclic N) is 1. The van der Waals surface area contributed by atoms with E-state index in [0.29, 0.717) is 35.6 Å². The summed E-state index contributed by atoms with van der Waals surface area (Å²) in [5.74, 6) is 0.909. The van der Waals surface area contributed by atoms with Crippen molar-refractivity contribution in [2.75, 3.05) is 51.1 Å². The number of aliphatic hydroxyl groups excluding tert-OH is 1. The molecule has 0 saturated carbocycles. The van der Waals surface area contributed by atoms with E-state index in [4.69, 9.17) is 5.11 Å². The van der Waals surface area contributed by atoms with E-state index < -0.39 is 5.25 Å². The molecule has 56 heavy (non-hydrogen) atoms. The zero-order chi connectivity index (χ0) is 41.4. The highest BCUT2D eigenvalue weighted by atomic mass is 32.2. The van der Waals surface area contributed by atoms with Crippen molar-refractivity contribution < 1.29 is 29.1 Å². The van der Waals surface area contributed by atoms with Gasteiger partial charge in [0.2, 0.25) is 17.7 Å². The first-order chi connectivity index (χ1) is 26.8. The minimum Gasteiger partial charge on any atom is -0.395 e. The molecule has 2 fully saturated rings. The number of carbonyl (C=O) groups is 5. The molecule has 0 aromatic heterocycles. The van der Waals surface area contributed by atoms with E-state index in [1.165, 1.54) is 11.1 Å². The molecular formula is C42H56N4O6S4. The van der Waals surface area contributed by atoms with Crippen LogP contribution in [0.15, 0.2) is 82.6 Å². The smallest absolute Gasteiger partial charge is 0.265 e. The minimum atomic E-state index is -0.506. The molecule has 0 bridgehead atoms. The van der Waals surface area contributed by atoms with Gasteiger partial charge >= 0.3 is 0 Å². The summed E-state index contributed by atoms with van der Waals surface area (Å²) in [6.07, 6.45) is 3.34. The Kier molecular flexibility index (Phi) is 20.1. The summed E-state index contributed by atoms with van der Waals surface area (Å²) in [6.45, 7) is 9.58. The Morgan fingerprint density at radius 1 is 0.857 bits per heavy atom. The summed E-state index contributed by atoms with van der Waals surface area (Å²) in [5.41, 5.74) is 6.46. The molecule has 2 aliphatic rings. The number of aryl methyl sites for hydroxylation is 2. The van der Waals surface area contributed by atoms with Gasteiger partial charge in [0.15, 0.2) is 5.78 Å². The number of likely N-dealkylation sites (tertiary alicyclic amines) is 2. The molecule has 14 heteroatoms. The molecule has 3 aromatic rings. The first kappa shape index (κ1) is 47.1. The third kappa shape index (κ3) is 14.3. The average Bonchev–Trinajstić information content (AvgIpc) is 3.72. The van der Waals surface area contributed by atoms with Gasteiger partial charge in [-0.1, -0.05) is 61.4 Å². The van der Waals surface area contributed by atoms with Gasteiger partial charge in [-0.05, 0) is 68.8 Å². The first-order valence-electron chi connectivity index (χ1n) is 18.7. The second-order valence-electron chi connectivity index (χ2n) is 14.0. The van der Waals surface area contributed by atoms with Gasteiger partial charge in [0.05, 0.1) is 18.4 Å². The molecule has 10 nitrogen and oxygen atoms in total. The van der Waals surface area contributed by atoms with Crippen molar-refractivity contribution >= 4 is 78.2 Å². The van der Waals surface area contributed by atoms with Gasteiger partial charge in [-0.15, -0.1) is 23.5 Å². The highest BCUT2D eigenvalue weighted by Gasteiger charge is 2.35. The van der Waals surface area contributed by atoms with Crippen LogP contribution in [-0.4, -0.2) is 112 Å². The number of carbonyl (C=O) groups excluding carboxylic acids is 5. The molecule has 0 spiro atoms. The van der Waals surface area contributed by atoms with Crippen LogP contribution in [-0.2, 0) is 14.4 Å². The normalized spacial score (nSPS) is 15.9. The van der Waals surface area contributed by atoms with Gasteiger partial charge in [-0.25, -0.2) is 5.01 Å². The zero-order valence-electron chi connectivity index (χ0n) is 33.1. The molecule has 4 amide bonds. The van der Waals surface area contributed by atoms with E-state index in [1.54, 1.807) is 59.1 Å². The molecule has 2 saturated heterocycles. The predicted octanol–water partition coefficient (Wildman–Crippen LogP) is 6.49. The van der Waals surface area contributed by atoms with Gasteiger partial charge in [0.25, 0.3) is 5.91 Å². The van der Waals surface area contributed by atoms with E-state index in [1.807, 2.05) is 11.9 Å². The maximum atomic E-state index is 13.7. The molecule has 5 rings (SSSR count). The number of thiol groups is 2. The first-order valence-corrected chi connectivity index (χ1v) is 22.1. The number of benzene rings is 3. The van der Waals surface area contributed by atoms with Crippen LogP contribution in [0, 0.1) is 25.7 Å². The third-order valence-corrected chi connectivity index (χ3v) is 12.1. The molecule has 2 heterocycles. The van der Waals surface area contributed by atoms with Crippen molar-refractivity contribution in [1.29, 1.82) is 0 Å². The quantitative estimate of drug-likeness (QED) is 0.0421. The number of ketones is 1. The summed E-state index contributed by atoms with van der Waals surface area (Å²) >= 11 is 10.8. The summed E-state index contributed by atoms with van der Waals surface area (Å²) in [6, 6.07) is 23.8. The molecule has 2 N–H and O–H groups in total. The highest BCUT2D eigenvalue weighted by molar-refractivity contribution is 8.00. The molecule has 2 unspecified atom stereocenters. The number of rotatable bonds is 16. The van der Waals surface area contributed by atoms with Crippen LogP contribution >= 0.6 is 48.8 Å². The van der Waals surface area contributed by atoms with Crippen molar-refractivity contribution in [3.05, 3.63) is 95.1 Å². The average molecular weight is 841 g/mol. The van der Waals surface area contributed by atoms with Gasteiger partial charge < -0.3 is 10.0 Å². The van der Waals surface area contributed by atoms with Crippen LogP contribution in [0.1, 0.15) is 65.0 Å². The SMILES string of the molecule is CS.Cc1ccc(SCC(CSc2ccc(C)cc2)C(=O)c2ccc(C(=O)NN(C)CC(C(C)C)N3CCCC3=O)cc2)cc1.O=C1CC(S)C(=O)N1CCO. The van der Waals surface area contributed by atoms with Crippen molar-refractivity contribution in [1.82, 2.24) is 20.2 Å². The largest absolute Gasteiger partial charge is 0.395 e. The molecular weight excluding hydrogens is 785 g/mol. The Bertz CT molecular complexity index is 1690. The number of nitrogens with one attached hydrogen (secondary N) is 1. The van der Waals surface area contributed by atoms with Crippen LogP contribution in [0.5, 0.6) is 0 Å². The number of aliphatic hydroxyl groups is 1. The van der Waals surface area contributed by atoms with Crippen molar-refractivity contribution in [3.8, 4) is 0 Å². The number of nitrogens with zero attached hydrogens (tertiary/aromatic N) is 3. The lowest BCUT2D eigenvalue weighted by Gasteiger charge is -2.34. The van der Waals surface area contributed by atoms with Gasteiger partial charge in [0.1, 0.15) is 0 Å². The molecule has 3 aromatic carbocycles. The van der Waals surface area contributed by atoms with Crippen LogP contribution in [0.25, 0.3) is 0 Å². The molecule has 2 atom stereocenters. The Hall–Kier alpha value is -3.27. The van der Waals surface area contributed by atoms with E-state index in [9.17, 15) is 24.0 Å². The number of hydrogen-bond donors (Lipinski definition) is 4. The van der Waals surface area contributed by atoms with Crippen LogP contribution < -0.4 is 5.43 Å². The fourth-order valence-electron chi connectivity index (χ4n) is 6.14. The third-order valence-electron chi connectivity index (χ3n) is 9.32. The molecule has 0 radical (unpaired) electrons. The summed E-state index contributed by atoms with van der Waals surface area (Å²) in [7, 11) is 1.83. The number of likely N-dealkylation sites (N-methyl/N-ethyl adjacent to an activating group) is 1. The van der Waals surface area contributed by atoms with Gasteiger partial charge in [0, 0.05) is 77.4 Å². The van der Waals surface area contributed by atoms with Crippen LogP contribution in [0.3, 0.4) is 0 Å².